The summed E-state index contributed by atoms with van der Waals surface area (Å²) in [4.78, 5) is 16.1. The smallest absolute Gasteiger partial charge is 0.243 e. The van der Waals surface area contributed by atoms with Crippen molar-refractivity contribution in [2.24, 2.45) is 10.4 Å². The summed E-state index contributed by atoms with van der Waals surface area (Å²) in [5.41, 5.74) is 1.22. The standard InChI is InChI=1S/C17H26N4O.HI/c1-3-17(10-7-11-17)13-20-16(18-2)19-12-15(22)21-14-8-5-4-6-9-14;/h4-6,8-9H,3,7,10-13H2,1-2H3,(H,21,22)(H2,18,19,20);1H. The average Bonchev–Trinajstić information content (AvgIpc) is 2.50. The molecule has 1 aliphatic carbocycles. The number of halogens is 1. The molecule has 1 saturated carbocycles. The highest BCUT2D eigenvalue weighted by molar-refractivity contribution is 14.0. The van der Waals surface area contributed by atoms with E-state index >= 15 is 0 Å². The van der Waals surface area contributed by atoms with Crippen molar-refractivity contribution in [1.82, 2.24) is 10.6 Å². The van der Waals surface area contributed by atoms with Gasteiger partial charge in [-0.2, -0.15) is 0 Å². The fraction of sp³-hybridized carbons (Fsp3) is 0.529. The number of nitrogens with zero attached hydrogens (tertiary/aromatic N) is 1. The largest absolute Gasteiger partial charge is 0.356 e. The van der Waals surface area contributed by atoms with Crippen LogP contribution in [0.4, 0.5) is 5.69 Å². The lowest BCUT2D eigenvalue weighted by atomic mass is 9.67. The summed E-state index contributed by atoms with van der Waals surface area (Å²) in [6.07, 6.45) is 5.07. The van der Waals surface area contributed by atoms with Crippen LogP contribution in [0.3, 0.4) is 0 Å². The van der Waals surface area contributed by atoms with Gasteiger partial charge in [0, 0.05) is 19.3 Å². The van der Waals surface area contributed by atoms with Crippen LogP contribution in [0.15, 0.2) is 35.3 Å². The second-order valence-corrected chi connectivity index (χ2v) is 5.90. The Balaban J connectivity index is 0.00000264. The number of guanidine groups is 1. The van der Waals surface area contributed by atoms with Gasteiger partial charge >= 0.3 is 0 Å². The van der Waals surface area contributed by atoms with Gasteiger partial charge in [0.05, 0.1) is 6.54 Å². The first-order chi connectivity index (χ1) is 10.7. The second kappa shape index (κ2) is 9.75. The zero-order valence-corrected chi connectivity index (χ0v) is 16.2. The minimum atomic E-state index is -0.0806. The van der Waals surface area contributed by atoms with E-state index in [1.807, 2.05) is 30.3 Å². The molecular weight excluding hydrogens is 403 g/mol. The van der Waals surface area contributed by atoms with Crippen LogP contribution in [0.5, 0.6) is 0 Å². The van der Waals surface area contributed by atoms with Gasteiger partial charge in [0.15, 0.2) is 5.96 Å². The molecule has 0 heterocycles. The fourth-order valence-electron chi connectivity index (χ4n) is 2.71. The summed E-state index contributed by atoms with van der Waals surface area (Å²) in [6.45, 7) is 3.36. The highest BCUT2D eigenvalue weighted by Gasteiger charge is 2.34. The SMILES string of the molecule is CCC1(CNC(=NC)NCC(=O)Nc2ccccc2)CCC1.I. The molecule has 2 rings (SSSR count). The quantitative estimate of drug-likeness (QED) is 0.370. The van der Waals surface area contributed by atoms with Gasteiger partial charge in [-0.25, -0.2) is 0 Å². The molecule has 0 spiro atoms. The molecule has 23 heavy (non-hydrogen) atoms. The van der Waals surface area contributed by atoms with Gasteiger partial charge in [-0.1, -0.05) is 31.5 Å². The third-order valence-corrected chi connectivity index (χ3v) is 4.49. The van der Waals surface area contributed by atoms with E-state index in [2.05, 4.69) is 27.9 Å². The molecular formula is C17H27IN4O. The molecule has 1 fully saturated rings. The number of nitrogens with one attached hydrogen (secondary N) is 3. The van der Waals surface area contributed by atoms with Crippen molar-refractivity contribution in [2.75, 3.05) is 25.5 Å². The Morgan fingerprint density at radius 3 is 2.43 bits per heavy atom. The molecule has 0 radical (unpaired) electrons. The van der Waals surface area contributed by atoms with E-state index in [0.717, 1.165) is 12.2 Å². The third kappa shape index (κ3) is 6.01. The molecule has 0 aromatic heterocycles. The van der Waals surface area contributed by atoms with Gasteiger partial charge in [0.25, 0.3) is 0 Å². The summed E-state index contributed by atoms with van der Waals surface area (Å²) >= 11 is 0. The number of aliphatic imine (C=N–C) groups is 1. The van der Waals surface area contributed by atoms with Gasteiger partial charge in [-0.15, -0.1) is 24.0 Å². The van der Waals surface area contributed by atoms with Crippen molar-refractivity contribution in [1.29, 1.82) is 0 Å². The first-order valence-corrected chi connectivity index (χ1v) is 7.97. The van der Waals surface area contributed by atoms with Crippen molar-refractivity contribution >= 4 is 41.5 Å². The predicted molar refractivity (Wildman–Crippen MR) is 106 cm³/mol. The number of benzene rings is 1. The molecule has 0 bridgehead atoms. The van der Waals surface area contributed by atoms with E-state index in [9.17, 15) is 4.79 Å². The van der Waals surface area contributed by atoms with Gasteiger partial charge in [0.2, 0.25) is 5.91 Å². The number of carbonyl (C=O) groups is 1. The van der Waals surface area contributed by atoms with Crippen molar-refractivity contribution in [2.45, 2.75) is 32.6 Å². The zero-order valence-electron chi connectivity index (χ0n) is 13.9. The van der Waals surface area contributed by atoms with Crippen LogP contribution in [0.25, 0.3) is 0 Å². The first kappa shape index (κ1) is 19.7. The monoisotopic (exact) mass is 430 g/mol. The Morgan fingerprint density at radius 2 is 1.91 bits per heavy atom. The van der Waals surface area contributed by atoms with E-state index in [0.29, 0.717) is 11.4 Å². The molecule has 1 amide bonds. The van der Waals surface area contributed by atoms with Crippen molar-refractivity contribution in [3.05, 3.63) is 30.3 Å². The normalized spacial score (nSPS) is 15.8. The molecule has 3 N–H and O–H groups in total. The number of carbonyl (C=O) groups excluding carboxylic acids is 1. The van der Waals surface area contributed by atoms with Gasteiger partial charge in [-0.3, -0.25) is 9.79 Å². The Hall–Kier alpha value is -1.31. The number of hydrogen-bond donors (Lipinski definition) is 3. The Kier molecular flexibility index (Phi) is 8.36. The van der Waals surface area contributed by atoms with Crippen LogP contribution in [0, 0.1) is 5.41 Å². The van der Waals surface area contributed by atoms with Crippen LogP contribution >= 0.6 is 24.0 Å². The third-order valence-electron chi connectivity index (χ3n) is 4.49. The summed E-state index contributed by atoms with van der Waals surface area (Å²) < 4.78 is 0. The van der Waals surface area contributed by atoms with E-state index in [-0.39, 0.29) is 36.4 Å². The Morgan fingerprint density at radius 1 is 1.22 bits per heavy atom. The molecule has 0 aliphatic heterocycles. The zero-order chi connectivity index (χ0) is 15.8. The van der Waals surface area contributed by atoms with Crippen LogP contribution < -0.4 is 16.0 Å². The number of amides is 1. The summed E-state index contributed by atoms with van der Waals surface area (Å²) in [5.74, 6) is 0.603. The van der Waals surface area contributed by atoms with E-state index in [1.165, 1.54) is 25.7 Å². The van der Waals surface area contributed by atoms with Gasteiger partial charge < -0.3 is 16.0 Å². The molecule has 0 unspecified atom stereocenters. The summed E-state index contributed by atoms with van der Waals surface area (Å²) in [5, 5.41) is 9.25. The molecule has 5 nitrogen and oxygen atoms in total. The fourth-order valence-corrected chi connectivity index (χ4v) is 2.71. The number of hydrogen-bond acceptors (Lipinski definition) is 2. The molecule has 128 valence electrons. The highest BCUT2D eigenvalue weighted by Crippen LogP contribution is 2.42. The maximum Gasteiger partial charge on any atom is 0.243 e. The first-order valence-electron chi connectivity index (χ1n) is 7.97. The maximum absolute atomic E-state index is 11.9. The highest BCUT2D eigenvalue weighted by atomic mass is 127. The molecule has 1 aromatic rings. The number of rotatable bonds is 6. The van der Waals surface area contributed by atoms with Crippen molar-refractivity contribution < 1.29 is 4.79 Å². The van der Waals surface area contributed by atoms with Crippen LogP contribution in [0.1, 0.15) is 32.6 Å². The molecule has 0 atom stereocenters. The van der Waals surface area contributed by atoms with Crippen LogP contribution in [-0.2, 0) is 4.79 Å². The lowest BCUT2D eigenvalue weighted by Gasteiger charge is -2.41. The van der Waals surface area contributed by atoms with Gasteiger partial charge in [0.1, 0.15) is 0 Å². The average molecular weight is 430 g/mol. The number of para-hydroxylation sites is 1. The summed E-state index contributed by atoms with van der Waals surface area (Å²) in [6, 6.07) is 9.45. The van der Waals surface area contributed by atoms with E-state index in [4.69, 9.17) is 0 Å². The minimum Gasteiger partial charge on any atom is -0.356 e. The van der Waals surface area contributed by atoms with E-state index in [1.54, 1.807) is 7.05 Å². The molecule has 6 heteroatoms. The summed E-state index contributed by atoms with van der Waals surface area (Å²) in [7, 11) is 1.73. The molecule has 0 saturated heterocycles. The van der Waals surface area contributed by atoms with Crippen molar-refractivity contribution in [3.8, 4) is 0 Å². The molecule has 1 aromatic carbocycles. The lowest BCUT2D eigenvalue weighted by molar-refractivity contribution is -0.115. The van der Waals surface area contributed by atoms with Crippen molar-refractivity contribution in [3.63, 3.8) is 0 Å². The predicted octanol–water partition coefficient (Wildman–Crippen LogP) is 2.99. The second-order valence-electron chi connectivity index (χ2n) is 5.90. The topological polar surface area (TPSA) is 65.5 Å². The maximum atomic E-state index is 11.9. The van der Waals surface area contributed by atoms with Crippen LogP contribution in [0.2, 0.25) is 0 Å². The minimum absolute atomic E-state index is 0. The molecule has 1 aliphatic rings. The lowest BCUT2D eigenvalue weighted by Crippen LogP contribution is -2.47. The number of anilines is 1. The Bertz CT molecular complexity index is 509. The van der Waals surface area contributed by atoms with Gasteiger partial charge in [-0.05, 0) is 36.8 Å². The Labute approximate surface area is 155 Å². The van der Waals surface area contributed by atoms with E-state index < -0.39 is 0 Å². The van der Waals surface area contributed by atoms with Crippen LogP contribution in [-0.4, -0.2) is 32.0 Å².